The van der Waals surface area contributed by atoms with Crippen molar-refractivity contribution >= 4 is 0 Å². The van der Waals surface area contributed by atoms with E-state index in [9.17, 15) is 0 Å². The Kier molecular flexibility index (Phi) is 1.89. The van der Waals surface area contributed by atoms with Gasteiger partial charge in [-0.3, -0.25) is 0 Å². The maximum atomic E-state index is 5.77. The number of imidazole rings is 1. The Morgan fingerprint density at radius 2 is 2.50 bits per heavy atom. The van der Waals surface area contributed by atoms with Crippen molar-refractivity contribution in [3.8, 4) is 0 Å². The number of hydrogen-bond donors (Lipinski definition) is 1. The Balaban J connectivity index is 2.14. The Labute approximate surface area is 72.6 Å². The summed E-state index contributed by atoms with van der Waals surface area (Å²) in [6.45, 7) is 2.18. The first-order chi connectivity index (χ1) is 5.83. The number of aromatic nitrogens is 2. The summed E-state index contributed by atoms with van der Waals surface area (Å²) in [5.74, 6) is 0. The lowest BCUT2D eigenvalue weighted by Gasteiger charge is -2.04. The van der Waals surface area contributed by atoms with Gasteiger partial charge in [0.05, 0.1) is 12.4 Å². The molecule has 2 N–H and O–H groups in total. The van der Waals surface area contributed by atoms with E-state index in [0.717, 1.165) is 12.8 Å². The van der Waals surface area contributed by atoms with Crippen LogP contribution in [-0.4, -0.2) is 15.6 Å². The van der Waals surface area contributed by atoms with Crippen LogP contribution in [0.1, 0.15) is 31.5 Å². The fourth-order valence-corrected chi connectivity index (χ4v) is 1.60. The molecule has 1 saturated carbocycles. The van der Waals surface area contributed by atoms with Crippen LogP contribution in [0.15, 0.2) is 12.5 Å². The van der Waals surface area contributed by atoms with E-state index in [4.69, 9.17) is 5.73 Å². The highest BCUT2D eigenvalue weighted by Gasteiger charge is 2.35. The summed E-state index contributed by atoms with van der Waals surface area (Å²) in [6.07, 6.45) is 7.26. The molecule has 2 atom stereocenters. The van der Waals surface area contributed by atoms with Crippen molar-refractivity contribution in [1.29, 1.82) is 0 Å². The third kappa shape index (κ3) is 1.25. The quantitative estimate of drug-likeness (QED) is 0.729. The molecular formula is C9H15N3. The van der Waals surface area contributed by atoms with Gasteiger partial charge in [0.1, 0.15) is 0 Å². The van der Waals surface area contributed by atoms with E-state index in [1.165, 1.54) is 12.1 Å². The first-order valence-corrected chi connectivity index (χ1v) is 4.59. The smallest absolute Gasteiger partial charge is 0.0951 e. The molecule has 1 heterocycles. The fraction of sp³-hybridized carbons (Fsp3) is 0.667. The zero-order valence-electron chi connectivity index (χ0n) is 7.40. The van der Waals surface area contributed by atoms with Crippen LogP contribution in [-0.2, 0) is 6.42 Å². The van der Waals surface area contributed by atoms with Gasteiger partial charge in [-0.05, 0) is 12.8 Å². The molecule has 0 aliphatic heterocycles. The van der Waals surface area contributed by atoms with Crippen LogP contribution in [0.5, 0.6) is 0 Å². The Morgan fingerprint density at radius 1 is 1.75 bits per heavy atom. The SMILES string of the molecule is CCCc1cncn1C1CC1N. The van der Waals surface area contributed by atoms with E-state index in [1.807, 2.05) is 12.5 Å². The standard InChI is InChI=1S/C9H15N3/c1-2-3-7-5-11-6-12(7)9-4-8(9)10/h5-6,8-9H,2-4,10H2,1H3. The molecule has 0 spiro atoms. The van der Waals surface area contributed by atoms with Crippen LogP contribution >= 0.6 is 0 Å². The van der Waals surface area contributed by atoms with Crippen LogP contribution in [0.25, 0.3) is 0 Å². The third-order valence-corrected chi connectivity index (χ3v) is 2.41. The van der Waals surface area contributed by atoms with Crippen LogP contribution in [0.2, 0.25) is 0 Å². The van der Waals surface area contributed by atoms with E-state index in [2.05, 4.69) is 16.5 Å². The van der Waals surface area contributed by atoms with Crippen molar-refractivity contribution in [2.45, 2.75) is 38.3 Å². The van der Waals surface area contributed by atoms with Crippen LogP contribution in [0.3, 0.4) is 0 Å². The Morgan fingerprint density at radius 3 is 3.08 bits per heavy atom. The Hall–Kier alpha value is -0.830. The largest absolute Gasteiger partial charge is 0.330 e. The monoisotopic (exact) mass is 165 g/mol. The highest BCUT2D eigenvalue weighted by Crippen LogP contribution is 2.34. The van der Waals surface area contributed by atoms with Gasteiger partial charge in [0.25, 0.3) is 0 Å². The highest BCUT2D eigenvalue weighted by molar-refractivity contribution is 5.07. The minimum Gasteiger partial charge on any atom is -0.330 e. The molecule has 0 radical (unpaired) electrons. The van der Waals surface area contributed by atoms with Crippen LogP contribution < -0.4 is 5.73 Å². The first-order valence-electron chi connectivity index (χ1n) is 4.59. The van der Waals surface area contributed by atoms with Crippen molar-refractivity contribution in [1.82, 2.24) is 9.55 Å². The number of aryl methyl sites for hydroxylation is 1. The van der Waals surface area contributed by atoms with Crippen molar-refractivity contribution in [3.05, 3.63) is 18.2 Å². The summed E-state index contributed by atoms with van der Waals surface area (Å²) in [6, 6.07) is 0.906. The number of nitrogens with two attached hydrogens (primary N) is 1. The third-order valence-electron chi connectivity index (χ3n) is 2.41. The Bertz CT molecular complexity index is 266. The van der Waals surface area contributed by atoms with Gasteiger partial charge in [-0.15, -0.1) is 0 Å². The predicted octanol–water partition coefficient (Wildman–Crippen LogP) is 1.11. The predicted molar refractivity (Wildman–Crippen MR) is 47.9 cm³/mol. The summed E-state index contributed by atoms with van der Waals surface area (Å²) in [5, 5.41) is 0. The van der Waals surface area contributed by atoms with Gasteiger partial charge in [-0.25, -0.2) is 4.98 Å². The van der Waals surface area contributed by atoms with Gasteiger partial charge in [-0.2, -0.15) is 0 Å². The zero-order valence-corrected chi connectivity index (χ0v) is 7.40. The molecule has 3 nitrogen and oxygen atoms in total. The number of rotatable bonds is 3. The second-order valence-electron chi connectivity index (χ2n) is 3.51. The second kappa shape index (κ2) is 2.90. The molecule has 1 aromatic rings. The fourth-order valence-electron chi connectivity index (χ4n) is 1.60. The maximum absolute atomic E-state index is 5.77. The van der Waals surface area contributed by atoms with Gasteiger partial charge < -0.3 is 10.3 Å². The molecule has 1 fully saturated rings. The molecule has 2 rings (SSSR count). The normalized spacial score (nSPS) is 27.5. The van der Waals surface area contributed by atoms with Gasteiger partial charge >= 0.3 is 0 Å². The molecule has 3 heteroatoms. The van der Waals surface area contributed by atoms with Crippen LogP contribution in [0, 0.1) is 0 Å². The molecule has 12 heavy (non-hydrogen) atoms. The maximum Gasteiger partial charge on any atom is 0.0951 e. The zero-order chi connectivity index (χ0) is 8.55. The van der Waals surface area contributed by atoms with E-state index in [1.54, 1.807) is 0 Å². The molecule has 66 valence electrons. The molecule has 2 unspecified atom stereocenters. The lowest BCUT2D eigenvalue weighted by Crippen LogP contribution is -2.08. The van der Waals surface area contributed by atoms with Crippen molar-refractivity contribution in [2.24, 2.45) is 5.73 Å². The van der Waals surface area contributed by atoms with Crippen molar-refractivity contribution in [2.75, 3.05) is 0 Å². The van der Waals surface area contributed by atoms with Gasteiger partial charge in [0.2, 0.25) is 0 Å². The van der Waals surface area contributed by atoms with E-state index in [0.29, 0.717) is 12.1 Å². The van der Waals surface area contributed by atoms with Gasteiger partial charge in [0, 0.05) is 17.9 Å². The first kappa shape index (κ1) is 7.80. The lowest BCUT2D eigenvalue weighted by molar-refractivity contribution is 0.663. The molecule has 0 aromatic carbocycles. The van der Waals surface area contributed by atoms with Crippen LogP contribution in [0.4, 0.5) is 0 Å². The minimum atomic E-state index is 0.370. The lowest BCUT2D eigenvalue weighted by atomic mass is 10.3. The van der Waals surface area contributed by atoms with Gasteiger partial charge in [0.15, 0.2) is 0 Å². The molecule has 0 saturated heterocycles. The van der Waals surface area contributed by atoms with Crippen molar-refractivity contribution < 1.29 is 0 Å². The summed E-state index contributed by atoms with van der Waals surface area (Å²) < 4.78 is 2.23. The molecule has 0 amide bonds. The summed E-state index contributed by atoms with van der Waals surface area (Å²) in [5.41, 5.74) is 7.10. The molecule has 1 aliphatic carbocycles. The molecule has 0 bridgehead atoms. The highest BCUT2D eigenvalue weighted by atomic mass is 15.1. The average Bonchev–Trinajstić information content (AvgIpc) is 2.62. The summed E-state index contributed by atoms with van der Waals surface area (Å²) in [4.78, 5) is 4.14. The summed E-state index contributed by atoms with van der Waals surface area (Å²) in [7, 11) is 0. The minimum absolute atomic E-state index is 0.370. The number of hydrogen-bond acceptors (Lipinski definition) is 2. The van der Waals surface area contributed by atoms with Gasteiger partial charge in [-0.1, -0.05) is 13.3 Å². The van der Waals surface area contributed by atoms with Crippen molar-refractivity contribution in [3.63, 3.8) is 0 Å². The average molecular weight is 165 g/mol. The van der Waals surface area contributed by atoms with E-state index < -0.39 is 0 Å². The molecule has 1 aromatic heterocycles. The summed E-state index contributed by atoms with van der Waals surface area (Å²) >= 11 is 0. The molecule has 1 aliphatic rings. The topological polar surface area (TPSA) is 43.8 Å². The van der Waals surface area contributed by atoms with E-state index in [-0.39, 0.29) is 0 Å². The second-order valence-corrected chi connectivity index (χ2v) is 3.51. The number of nitrogens with zero attached hydrogens (tertiary/aromatic N) is 2. The molecular weight excluding hydrogens is 150 g/mol. The van der Waals surface area contributed by atoms with E-state index >= 15 is 0 Å².